The van der Waals surface area contributed by atoms with Gasteiger partial charge in [0, 0.05) is 55.3 Å². The number of nitrogen functional groups attached to an aromatic ring is 1. The molecule has 0 saturated carbocycles. The first-order chi connectivity index (χ1) is 22.3. The molecule has 0 aliphatic carbocycles. The van der Waals surface area contributed by atoms with Gasteiger partial charge in [0.25, 0.3) is 0 Å². The number of halogens is 3. The summed E-state index contributed by atoms with van der Waals surface area (Å²) in [6.45, 7) is 3.20. The van der Waals surface area contributed by atoms with Crippen molar-refractivity contribution in [3.05, 3.63) is 65.5 Å². The van der Waals surface area contributed by atoms with Crippen LogP contribution in [0.25, 0.3) is 32.8 Å². The third-order valence-electron chi connectivity index (χ3n) is 10.1. The zero-order chi connectivity index (χ0) is 31.7. The molecular weight excluding hydrogens is 593 g/mol. The van der Waals surface area contributed by atoms with Crippen molar-refractivity contribution in [3.8, 4) is 29.5 Å². The van der Waals surface area contributed by atoms with E-state index >= 15 is 8.78 Å². The van der Waals surface area contributed by atoms with Crippen LogP contribution in [0.15, 0.2) is 42.5 Å². The smallest absolute Gasteiger partial charge is 0.319 e. The molecule has 3 fully saturated rings. The number of anilines is 2. The van der Waals surface area contributed by atoms with Crippen LogP contribution >= 0.6 is 0 Å². The first-order valence-electron chi connectivity index (χ1n) is 15.6. The minimum absolute atomic E-state index is 0.00711. The number of nitrogens with zero attached hydrogens (tertiary/aromatic N) is 4. The number of terminal acetylenes is 1. The maximum absolute atomic E-state index is 16.9. The number of fused-ring (bicyclic) bond motifs is 5. The van der Waals surface area contributed by atoms with E-state index in [0.717, 1.165) is 32.4 Å². The number of hydrogen-bond donors (Lipinski definition) is 2. The first kappa shape index (κ1) is 29.1. The molecule has 3 N–H and O–H groups in total. The predicted octanol–water partition coefficient (Wildman–Crippen LogP) is 4.78. The standard InChI is InChI=1S/C35H33F3N6O2/c1-3-24-27(36)8-5-19-11-20(39)12-25(29(19)24)30-28(37)13-26-32(31(30)38)41-34(42-33(26)43-15-21-6-7-22(16-43)40-21)46-18-35-9-4-10-44(35)17-23(14-35)45-2/h1,5-8,11-13,21-23,40H,4,9-10,14-18,39H2,2H3/t21?,22?,23-,35+/m1/s1. The number of nitrogens with one attached hydrogen (secondary N) is 1. The number of benzene rings is 3. The Kier molecular flexibility index (Phi) is 6.86. The fourth-order valence-corrected chi connectivity index (χ4v) is 7.94. The highest BCUT2D eigenvalue weighted by Crippen LogP contribution is 2.43. The highest BCUT2D eigenvalue weighted by Gasteiger charge is 2.49. The minimum atomic E-state index is -0.931. The Morgan fingerprint density at radius 3 is 2.65 bits per heavy atom. The van der Waals surface area contributed by atoms with E-state index in [2.05, 4.69) is 33.3 Å². The van der Waals surface area contributed by atoms with E-state index in [1.54, 1.807) is 13.2 Å². The van der Waals surface area contributed by atoms with Crippen molar-refractivity contribution in [1.29, 1.82) is 0 Å². The van der Waals surface area contributed by atoms with E-state index in [1.165, 1.54) is 24.3 Å². The van der Waals surface area contributed by atoms with Crippen LogP contribution in [0, 0.1) is 29.8 Å². The van der Waals surface area contributed by atoms with Crippen LogP contribution in [-0.2, 0) is 4.74 Å². The van der Waals surface area contributed by atoms with Crippen LogP contribution < -0.4 is 20.7 Å². The zero-order valence-electron chi connectivity index (χ0n) is 25.3. The Morgan fingerprint density at radius 1 is 1.09 bits per heavy atom. The van der Waals surface area contributed by atoms with Gasteiger partial charge in [-0.25, -0.2) is 13.2 Å². The second-order valence-electron chi connectivity index (χ2n) is 12.8. The summed E-state index contributed by atoms with van der Waals surface area (Å²) in [6.07, 6.45) is 12.8. The maximum Gasteiger partial charge on any atom is 0.319 e. The van der Waals surface area contributed by atoms with Crippen molar-refractivity contribution in [2.24, 2.45) is 0 Å². The normalized spacial score (nSPS) is 25.5. The summed E-state index contributed by atoms with van der Waals surface area (Å²) in [7, 11) is 1.72. The molecule has 3 saturated heterocycles. The molecule has 46 heavy (non-hydrogen) atoms. The molecule has 4 aromatic rings. The topological polar surface area (TPSA) is 88.8 Å². The summed E-state index contributed by atoms with van der Waals surface area (Å²) >= 11 is 0. The van der Waals surface area contributed by atoms with Crippen LogP contribution in [0.1, 0.15) is 24.8 Å². The minimum Gasteiger partial charge on any atom is -0.461 e. The second-order valence-corrected chi connectivity index (χ2v) is 12.8. The average molecular weight is 627 g/mol. The molecule has 4 atom stereocenters. The number of piperazine rings is 1. The van der Waals surface area contributed by atoms with Crippen molar-refractivity contribution in [1.82, 2.24) is 20.2 Å². The predicted molar refractivity (Wildman–Crippen MR) is 171 cm³/mol. The zero-order valence-corrected chi connectivity index (χ0v) is 25.3. The molecule has 11 heteroatoms. The number of ether oxygens (including phenoxy) is 2. The molecule has 4 aliphatic rings. The SMILES string of the molecule is C#Cc1c(F)ccc2cc(N)cc(-c3c(F)cc4c(N5CC6C=CC(C5)N6)nc(OC[C@@]56CCCN5C[C@H](OC)C6)nc4c3F)c12. The summed E-state index contributed by atoms with van der Waals surface area (Å²) in [4.78, 5) is 13.7. The van der Waals surface area contributed by atoms with E-state index in [9.17, 15) is 4.39 Å². The lowest BCUT2D eigenvalue weighted by molar-refractivity contribution is 0.0997. The van der Waals surface area contributed by atoms with Crippen LogP contribution in [0.2, 0.25) is 0 Å². The van der Waals surface area contributed by atoms with Gasteiger partial charge in [0.1, 0.15) is 29.6 Å². The summed E-state index contributed by atoms with van der Waals surface area (Å²) < 4.78 is 60.1. The van der Waals surface area contributed by atoms with Crippen molar-refractivity contribution in [2.45, 2.75) is 43.0 Å². The third-order valence-corrected chi connectivity index (χ3v) is 10.1. The fraction of sp³-hybridized carbons (Fsp3) is 0.371. The number of nitrogens with two attached hydrogens (primary N) is 1. The molecule has 5 heterocycles. The van der Waals surface area contributed by atoms with Crippen LogP contribution in [-0.4, -0.2) is 78.5 Å². The second kappa shape index (κ2) is 10.9. The van der Waals surface area contributed by atoms with Gasteiger partial charge in [-0.1, -0.05) is 24.1 Å². The molecule has 0 radical (unpaired) electrons. The Bertz CT molecular complexity index is 1960. The monoisotopic (exact) mass is 626 g/mol. The van der Waals surface area contributed by atoms with Gasteiger partial charge >= 0.3 is 6.01 Å². The lowest BCUT2D eigenvalue weighted by Gasteiger charge is -2.35. The molecule has 236 valence electrons. The number of rotatable bonds is 6. The third kappa shape index (κ3) is 4.58. The lowest BCUT2D eigenvalue weighted by atomic mass is 9.92. The van der Waals surface area contributed by atoms with Gasteiger partial charge in [-0.2, -0.15) is 9.97 Å². The summed E-state index contributed by atoms with van der Waals surface area (Å²) in [5, 5.41) is 4.36. The Balaban J connectivity index is 1.29. The molecule has 0 spiro atoms. The summed E-state index contributed by atoms with van der Waals surface area (Å²) in [5.74, 6) is 0.269. The molecular formula is C35H33F3N6O2. The first-order valence-corrected chi connectivity index (χ1v) is 15.6. The highest BCUT2D eigenvalue weighted by atomic mass is 19.1. The van der Waals surface area contributed by atoms with E-state index in [-0.39, 0.29) is 62.8 Å². The fourth-order valence-electron chi connectivity index (χ4n) is 7.94. The lowest BCUT2D eigenvalue weighted by Crippen LogP contribution is -2.52. The van der Waals surface area contributed by atoms with Gasteiger partial charge < -0.3 is 25.4 Å². The molecule has 2 unspecified atom stereocenters. The molecule has 4 aliphatic heterocycles. The number of aromatic nitrogens is 2. The molecule has 8 rings (SSSR count). The van der Waals surface area contributed by atoms with Gasteiger partial charge in [0.2, 0.25) is 0 Å². The van der Waals surface area contributed by atoms with Gasteiger partial charge in [-0.3, -0.25) is 4.90 Å². The maximum atomic E-state index is 16.9. The molecule has 2 bridgehead atoms. The van der Waals surface area contributed by atoms with Crippen molar-refractivity contribution in [3.63, 3.8) is 0 Å². The van der Waals surface area contributed by atoms with Crippen molar-refractivity contribution in [2.75, 3.05) is 50.5 Å². The van der Waals surface area contributed by atoms with E-state index in [1.807, 2.05) is 4.90 Å². The van der Waals surface area contributed by atoms with Crippen LogP contribution in [0.3, 0.4) is 0 Å². The van der Waals surface area contributed by atoms with Crippen molar-refractivity contribution >= 4 is 33.2 Å². The Labute approximate surface area is 264 Å². The van der Waals surface area contributed by atoms with Gasteiger partial charge in [0.05, 0.1) is 22.8 Å². The van der Waals surface area contributed by atoms with Gasteiger partial charge in [-0.15, -0.1) is 6.42 Å². The van der Waals surface area contributed by atoms with E-state index < -0.39 is 23.0 Å². The largest absolute Gasteiger partial charge is 0.461 e. The summed E-state index contributed by atoms with van der Waals surface area (Å²) in [5.41, 5.74) is 5.64. The van der Waals surface area contributed by atoms with Gasteiger partial charge in [0.15, 0.2) is 5.82 Å². The average Bonchev–Trinajstić information content (AvgIpc) is 3.71. The van der Waals surface area contributed by atoms with Crippen LogP contribution in [0.5, 0.6) is 6.01 Å². The quantitative estimate of drug-likeness (QED) is 0.180. The molecule has 1 aromatic heterocycles. The van der Waals surface area contributed by atoms with E-state index in [0.29, 0.717) is 30.9 Å². The van der Waals surface area contributed by atoms with Crippen LogP contribution in [0.4, 0.5) is 24.7 Å². The van der Waals surface area contributed by atoms with Crippen molar-refractivity contribution < 1.29 is 22.6 Å². The summed E-state index contributed by atoms with van der Waals surface area (Å²) in [6, 6.07) is 7.12. The molecule has 0 amide bonds. The van der Waals surface area contributed by atoms with Gasteiger partial charge in [-0.05, 0) is 61.0 Å². The Morgan fingerprint density at radius 2 is 1.89 bits per heavy atom. The van der Waals surface area contributed by atoms with E-state index in [4.69, 9.17) is 26.6 Å². The number of methoxy groups -OCH3 is 1. The Hall–Kier alpha value is -4.37. The highest BCUT2D eigenvalue weighted by molar-refractivity contribution is 6.05. The number of hydrogen-bond acceptors (Lipinski definition) is 8. The molecule has 8 nitrogen and oxygen atoms in total. The molecule has 3 aromatic carbocycles.